The molecular weight excluding hydrogens is 656 g/mol. The molecule has 0 radical (unpaired) electrons. The first-order chi connectivity index (χ1) is 18.7. The van der Waals surface area contributed by atoms with E-state index in [0.29, 0.717) is 36.2 Å². The molecule has 3 heterocycles. The summed E-state index contributed by atoms with van der Waals surface area (Å²) >= 11 is 0. The molecule has 0 aromatic rings. The van der Waals surface area contributed by atoms with E-state index in [4.69, 9.17) is 28.2 Å². The van der Waals surface area contributed by atoms with Crippen LogP contribution in [0.2, 0.25) is 0 Å². The van der Waals surface area contributed by atoms with Crippen molar-refractivity contribution in [1.82, 2.24) is 0 Å². The second-order valence-corrected chi connectivity index (χ2v) is 38.5. The van der Waals surface area contributed by atoms with E-state index in [1.807, 2.05) is 0 Å². The SMILES string of the molecule is CC1OC(OC2C(C)OC(C)C(C)C2OC2OC(COP(P(P)P)P(P)PP)C(C)C(C)C2C)C(C)C(C)C1C. The molecule has 0 saturated carbocycles. The molecule has 40 heavy (non-hydrogen) atoms. The molecule has 3 aliphatic rings. The molecule has 0 spiro atoms. The highest BCUT2D eigenvalue weighted by atomic mass is 33.0. The van der Waals surface area contributed by atoms with Crippen molar-refractivity contribution in [3.63, 3.8) is 0 Å². The van der Waals surface area contributed by atoms with Crippen LogP contribution in [0.5, 0.6) is 0 Å². The van der Waals surface area contributed by atoms with Gasteiger partial charge in [-0.25, -0.2) is 0 Å². The summed E-state index contributed by atoms with van der Waals surface area (Å²) in [6.07, 6.45) is -0.871. The Morgan fingerprint density at radius 1 is 0.600 bits per heavy atom. The van der Waals surface area contributed by atoms with E-state index in [1.54, 1.807) is 0 Å². The van der Waals surface area contributed by atoms with Gasteiger partial charge >= 0.3 is 0 Å². The van der Waals surface area contributed by atoms with Gasteiger partial charge in [0.15, 0.2) is 12.6 Å². The average Bonchev–Trinajstić information content (AvgIpc) is 2.91. The smallest absolute Gasteiger partial charge is 0.161 e. The Morgan fingerprint density at radius 3 is 1.70 bits per heavy atom. The van der Waals surface area contributed by atoms with Crippen molar-refractivity contribution in [3.8, 4) is 0 Å². The van der Waals surface area contributed by atoms with Gasteiger partial charge in [-0.05, 0) is 58.4 Å². The second-order valence-electron chi connectivity index (χ2n) is 12.4. The fourth-order valence-electron chi connectivity index (χ4n) is 6.10. The van der Waals surface area contributed by atoms with Crippen molar-refractivity contribution >= 4 is 65.2 Å². The van der Waals surface area contributed by atoms with Gasteiger partial charge in [0.2, 0.25) is 0 Å². The van der Waals surface area contributed by atoms with Crippen LogP contribution in [0.4, 0.5) is 0 Å². The molecule has 6 nitrogen and oxygen atoms in total. The summed E-state index contributed by atoms with van der Waals surface area (Å²) in [5, 5.41) is 0. The second kappa shape index (κ2) is 16.9. The minimum Gasteiger partial charge on any atom is -0.372 e. The Bertz CT molecular complexity index is 787. The van der Waals surface area contributed by atoms with E-state index >= 15 is 0 Å². The van der Waals surface area contributed by atoms with Crippen molar-refractivity contribution in [2.24, 2.45) is 41.4 Å². The lowest BCUT2D eigenvalue weighted by atomic mass is 9.78. The third-order valence-corrected chi connectivity index (χ3v) is 42.5. The Balaban J connectivity index is 1.77. The van der Waals surface area contributed by atoms with Gasteiger partial charge in [0.05, 0.1) is 44.7 Å². The first-order valence-corrected chi connectivity index (χ1v) is 28.6. The van der Waals surface area contributed by atoms with E-state index < -0.39 is 7.53 Å². The zero-order valence-corrected chi connectivity index (χ0v) is 34.3. The molecule has 0 aromatic heterocycles. The number of rotatable bonds is 10. The van der Waals surface area contributed by atoms with E-state index in [-0.39, 0.29) is 75.0 Å². The predicted molar refractivity (Wildman–Crippen MR) is 191 cm³/mol. The highest BCUT2D eigenvalue weighted by Crippen LogP contribution is 3.00. The highest BCUT2D eigenvalue weighted by Gasteiger charge is 2.49. The van der Waals surface area contributed by atoms with Gasteiger partial charge in [0.1, 0.15) is 6.10 Å². The molecule has 3 rings (SSSR count). The van der Waals surface area contributed by atoms with E-state index in [9.17, 15) is 0 Å². The van der Waals surface area contributed by atoms with Gasteiger partial charge in [0.25, 0.3) is 0 Å². The summed E-state index contributed by atoms with van der Waals surface area (Å²) in [4.78, 5) is 0. The molecular formula is C26H56O6P8. The molecule has 236 valence electrons. The monoisotopic (exact) mass is 712 g/mol. The Labute approximate surface area is 259 Å². The van der Waals surface area contributed by atoms with Gasteiger partial charge in [0, 0.05) is 17.8 Å². The molecule has 0 aliphatic carbocycles. The summed E-state index contributed by atoms with van der Waals surface area (Å²) in [6, 6.07) is 0. The molecule has 22 atom stereocenters. The maximum atomic E-state index is 6.99. The average molecular weight is 713 g/mol. The van der Waals surface area contributed by atoms with Crippen LogP contribution in [-0.4, -0.2) is 55.8 Å². The van der Waals surface area contributed by atoms with E-state index in [2.05, 4.69) is 105 Å². The fraction of sp³-hybridized carbons (Fsp3) is 1.00. The maximum Gasteiger partial charge on any atom is 0.161 e. The lowest BCUT2D eigenvalue weighted by molar-refractivity contribution is -0.339. The summed E-state index contributed by atoms with van der Waals surface area (Å²) in [6.45, 7) is 22.5. The summed E-state index contributed by atoms with van der Waals surface area (Å²) in [5.74, 6) is 2.55. The third-order valence-electron chi connectivity index (χ3n) is 10.1. The van der Waals surface area contributed by atoms with Crippen LogP contribution in [0, 0.1) is 41.4 Å². The maximum absolute atomic E-state index is 6.99. The van der Waals surface area contributed by atoms with Crippen LogP contribution < -0.4 is 0 Å². The Hall–Kier alpha value is 3.20. The first kappa shape index (κ1) is 37.7. The quantitative estimate of drug-likeness (QED) is 0.211. The van der Waals surface area contributed by atoms with Crippen molar-refractivity contribution in [2.75, 3.05) is 6.61 Å². The van der Waals surface area contributed by atoms with Gasteiger partial charge in [-0.3, -0.25) is 0 Å². The first-order valence-electron chi connectivity index (χ1n) is 14.7. The van der Waals surface area contributed by atoms with Crippen LogP contribution in [0.15, 0.2) is 0 Å². The van der Waals surface area contributed by atoms with E-state index in [0.717, 1.165) is 7.96 Å². The van der Waals surface area contributed by atoms with Crippen LogP contribution in [0.1, 0.15) is 69.2 Å². The summed E-state index contributed by atoms with van der Waals surface area (Å²) < 4.78 is 40.0. The lowest BCUT2D eigenvalue weighted by Gasteiger charge is -2.50. The van der Waals surface area contributed by atoms with Crippen LogP contribution >= 0.6 is 65.2 Å². The largest absolute Gasteiger partial charge is 0.372 e. The molecule has 0 bridgehead atoms. The normalized spacial score (nSPS) is 48.5. The minimum atomic E-state index is -0.494. The third kappa shape index (κ3) is 8.96. The van der Waals surface area contributed by atoms with Gasteiger partial charge in [-0.2, -0.15) is 0 Å². The minimum absolute atomic E-state index is 0.00152. The predicted octanol–water partition coefficient (Wildman–Crippen LogP) is 9.45. The fourth-order valence-corrected chi connectivity index (χ4v) is 45.2. The van der Waals surface area contributed by atoms with E-state index in [1.165, 1.54) is 0 Å². The zero-order chi connectivity index (χ0) is 30.0. The molecule has 0 aromatic carbocycles. The lowest BCUT2D eigenvalue weighted by Crippen LogP contribution is -2.59. The topological polar surface area (TPSA) is 55.4 Å². The van der Waals surface area contributed by atoms with Gasteiger partial charge < -0.3 is 28.2 Å². The Morgan fingerprint density at radius 2 is 1.12 bits per heavy atom. The zero-order valence-electron chi connectivity index (χ0n) is 26.0. The number of ether oxygens (including phenoxy) is 5. The van der Waals surface area contributed by atoms with Crippen molar-refractivity contribution < 1.29 is 28.2 Å². The molecule has 22 unspecified atom stereocenters. The van der Waals surface area contributed by atoms with Crippen LogP contribution in [0.25, 0.3) is 0 Å². The van der Waals surface area contributed by atoms with Crippen molar-refractivity contribution in [3.05, 3.63) is 0 Å². The highest BCUT2D eigenvalue weighted by molar-refractivity contribution is 9.00. The molecule has 0 amide bonds. The standard InChI is InChI=1S/C26H56O6P8/c1-12-14(3)19(8)29-25(16(12)5)32-24-21(10)28-20(9)18(7)23(24)31-26-17(6)13(2)15(4)22(30-26)11-27-38(39(34)35)40(36)37-33/h12-26,37H,11,33-36H2,1-10H3. The van der Waals surface area contributed by atoms with Gasteiger partial charge in [-0.15, -0.1) is 26.8 Å². The van der Waals surface area contributed by atoms with Crippen LogP contribution in [0.3, 0.4) is 0 Å². The molecule has 3 fully saturated rings. The molecule has 3 aliphatic heterocycles. The summed E-state index contributed by atoms with van der Waals surface area (Å²) in [5.41, 5.74) is 0. The van der Waals surface area contributed by atoms with Crippen molar-refractivity contribution in [1.29, 1.82) is 0 Å². The molecule has 0 N–H and O–H groups in total. The Kier molecular flexibility index (Phi) is 15.9. The van der Waals surface area contributed by atoms with Crippen LogP contribution in [-0.2, 0) is 28.2 Å². The van der Waals surface area contributed by atoms with Gasteiger partial charge in [-0.1, -0.05) is 65.4 Å². The summed E-state index contributed by atoms with van der Waals surface area (Å²) in [7, 11) is 12.3. The number of hydrogen-bond donors (Lipinski definition) is 0. The number of hydrogen-bond acceptors (Lipinski definition) is 6. The molecule has 3 saturated heterocycles. The molecule has 14 heteroatoms. The van der Waals surface area contributed by atoms with Crippen molar-refractivity contribution in [2.45, 2.75) is 118 Å².